The van der Waals surface area contributed by atoms with Crippen LogP contribution in [0.4, 0.5) is 5.69 Å². The zero-order valence-corrected chi connectivity index (χ0v) is 10.4. The molecule has 1 amide bonds. The summed E-state index contributed by atoms with van der Waals surface area (Å²) in [5.41, 5.74) is 7.58. The van der Waals surface area contributed by atoms with Crippen LogP contribution in [0, 0.1) is 0 Å². The molecule has 92 valence electrons. The maximum atomic E-state index is 12.1. The zero-order chi connectivity index (χ0) is 13.0. The Kier molecular flexibility index (Phi) is 3.97. The van der Waals surface area contributed by atoms with Crippen LogP contribution in [0.25, 0.3) is 0 Å². The standard InChI is InChI=1S/C14H13ClN2O/c15-12-7-3-4-8-13(12)17-14(18)11-6-2-1-5-10(11)9-16/h1-8H,9,16H2,(H,17,18). The fourth-order valence-electron chi connectivity index (χ4n) is 1.67. The lowest BCUT2D eigenvalue weighted by Gasteiger charge is -2.09. The molecular weight excluding hydrogens is 248 g/mol. The summed E-state index contributed by atoms with van der Waals surface area (Å²) < 4.78 is 0. The molecule has 3 nitrogen and oxygen atoms in total. The molecular formula is C14H13ClN2O. The van der Waals surface area contributed by atoms with Gasteiger partial charge in [0.1, 0.15) is 0 Å². The fourth-order valence-corrected chi connectivity index (χ4v) is 1.86. The molecule has 0 aliphatic rings. The summed E-state index contributed by atoms with van der Waals surface area (Å²) in [6.07, 6.45) is 0. The largest absolute Gasteiger partial charge is 0.326 e. The quantitative estimate of drug-likeness (QED) is 0.891. The van der Waals surface area contributed by atoms with Gasteiger partial charge in [-0.2, -0.15) is 0 Å². The van der Waals surface area contributed by atoms with Crippen LogP contribution in [-0.2, 0) is 6.54 Å². The molecule has 0 spiro atoms. The van der Waals surface area contributed by atoms with Gasteiger partial charge in [-0.05, 0) is 23.8 Å². The molecule has 0 saturated heterocycles. The number of benzene rings is 2. The monoisotopic (exact) mass is 260 g/mol. The first-order chi connectivity index (χ1) is 8.72. The molecule has 0 aromatic heterocycles. The average molecular weight is 261 g/mol. The van der Waals surface area contributed by atoms with Gasteiger partial charge in [-0.15, -0.1) is 0 Å². The molecule has 0 saturated carbocycles. The molecule has 2 aromatic carbocycles. The summed E-state index contributed by atoms with van der Waals surface area (Å²) in [4.78, 5) is 12.1. The summed E-state index contributed by atoms with van der Waals surface area (Å²) in [6, 6.07) is 14.4. The third kappa shape index (κ3) is 2.70. The Balaban J connectivity index is 2.25. The molecule has 0 bridgehead atoms. The van der Waals surface area contributed by atoms with Gasteiger partial charge in [0, 0.05) is 12.1 Å². The molecule has 4 heteroatoms. The predicted molar refractivity (Wildman–Crippen MR) is 73.7 cm³/mol. The van der Waals surface area contributed by atoms with Gasteiger partial charge in [0.05, 0.1) is 10.7 Å². The number of nitrogens with one attached hydrogen (secondary N) is 1. The number of halogens is 1. The van der Waals surface area contributed by atoms with Crippen LogP contribution in [0.3, 0.4) is 0 Å². The van der Waals surface area contributed by atoms with Crippen molar-refractivity contribution in [3.05, 3.63) is 64.7 Å². The van der Waals surface area contributed by atoms with E-state index in [1.165, 1.54) is 0 Å². The minimum absolute atomic E-state index is 0.204. The van der Waals surface area contributed by atoms with E-state index in [2.05, 4.69) is 5.32 Å². The predicted octanol–water partition coefficient (Wildman–Crippen LogP) is 3.05. The number of hydrogen-bond acceptors (Lipinski definition) is 2. The van der Waals surface area contributed by atoms with Gasteiger partial charge in [0.25, 0.3) is 5.91 Å². The Bertz CT molecular complexity index is 569. The molecule has 0 atom stereocenters. The van der Waals surface area contributed by atoms with Crippen molar-refractivity contribution >= 4 is 23.2 Å². The van der Waals surface area contributed by atoms with Gasteiger partial charge in [0.15, 0.2) is 0 Å². The maximum Gasteiger partial charge on any atom is 0.256 e. The van der Waals surface area contributed by atoms with E-state index in [4.69, 9.17) is 17.3 Å². The smallest absolute Gasteiger partial charge is 0.256 e. The summed E-state index contributed by atoms with van der Waals surface area (Å²) >= 11 is 5.99. The molecule has 0 aliphatic heterocycles. The Labute approximate surface area is 111 Å². The zero-order valence-electron chi connectivity index (χ0n) is 9.69. The topological polar surface area (TPSA) is 55.1 Å². The van der Waals surface area contributed by atoms with Crippen molar-refractivity contribution in [2.24, 2.45) is 5.73 Å². The van der Waals surface area contributed by atoms with Crippen molar-refractivity contribution in [1.29, 1.82) is 0 Å². The summed E-state index contributed by atoms with van der Waals surface area (Å²) in [5.74, 6) is -0.204. The van der Waals surface area contributed by atoms with E-state index in [0.717, 1.165) is 5.56 Å². The van der Waals surface area contributed by atoms with Gasteiger partial charge in [-0.3, -0.25) is 4.79 Å². The number of para-hydroxylation sites is 1. The van der Waals surface area contributed by atoms with Crippen LogP contribution in [0.15, 0.2) is 48.5 Å². The van der Waals surface area contributed by atoms with Crippen LogP contribution < -0.4 is 11.1 Å². The lowest BCUT2D eigenvalue weighted by molar-refractivity contribution is 0.102. The fraction of sp³-hybridized carbons (Fsp3) is 0.0714. The normalized spacial score (nSPS) is 10.1. The summed E-state index contributed by atoms with van der Waals surface area (Å²) in [6.45, 7) is 0.326. The van der Waals surface area contributed by atoms with E-state index in [9.17, 15) is 4.79 Å². The van der Waals surface area contributed by atoms with E-state index in [1.54, 1.807) is 24.3 Å². The molecule has 0 heterocycles. The van der Waals surface area contributed by atoms with E-state index >= 15 is 0 Å². The first kappa shape index (κ1) is 12.6. The first-order valence-corrected chi connectivity index (χ1v) is 5.94. The lowest BCUT2D eigenvalue weighted by Crippen LogP contribution is -2.15. The second-order valence-electron chi connectivity index (χ2n) is 3.80. The second-order valence-corrected chi connectivity index (χ2v) is 4.20. The highest BCUT2D eigenvalue weighted by atomic mass is 35.5. The third-order valence-corrected chi connectivity index (χ3v) is 2.93. The Hall–Kier alpha value is -1.84. The molecule has 0 radical (unpaired) electrons. The SMILES string of the molecule is NCc1ccccc1C(=O)Nc1ccccc1Cl. The highest BCUT2D eigenvalue weighted by Crippen LogP contribution is 2.21. The van der Waals surface area contributed by atoms with Gasteiger partial charge in [-0.25, -0.2) is 0 Å². The minimum Gasteiger partial charge on any atom is -0.326 e. The summed E-state index contributed by atoms with van der Waals surface area (Å²) in [7, 11) is 0. The summed E-state index contributed by atoms with van der Waals surface area (Å²) in [5, 5.41) is 3.29. The van der Waals surface area contributed by atoms with Gasteiger partial charge in [-0.1, -0.05) is 41.9 Å². The van der Waals surface area contributed by atoms with E-state index in [0.29, 0.717) is 22.8 Å². The van der Waals surface area contributed by atoms with Crippen molar-refractivity contribution in [2.75, 3.05) is 5.32 Å². The van der Waals surface area contributed by atoms with Crippen molar-refractivity contribution in [1.82, 2.24) is 0 Å². The van der Waals surface area contributed by atoms with Gasteiger partial charge >= 0.3 is 0 Å². The maximum absolute atomic E-state index is 12.1. The molecule has 18 heavy (non-hydrogen) atoms. The van der Waals surface area contributed by atoms with Crippen LogP contribution >= 0.6 is 11.6 Å². The number of nitrogens with two attached hydrogens (primary N) is 1. The van der Waals surface area contributed by atoms with Crippen molar-refractivity contribution in [2.45, 2.75) is 6.54 Å². The third-order valence-electron chi connectivity index (χ3n) is 2.60. The van der Waals surface area contributed by atoms with Crippen LogP contribution in [0.5, 0.6) is 0 Å². The van der Waals surface area contributed by atoms with Gasteiger partial charge < -0.3 is 11.1 Å². The lowest BCUT2D eigenvalue weighted by atomic mass is 10.1. The Morgan fingerprint density at radius 1 is 1.11 bits per heavy atom. The number of amides is 1. The van der Waals surface area contributed by atoms with Crippen LogP contribution in [0.1, 0.15) is 15.9 Å². The number of hydrogen-bond donors (Lipinski definition) is 2. The first-order valence-electron chi connectivity index (χ1n) is 5.56. The van der Waals surface area contributed by atoms with E-state index in [1.807, 2.05) is 24.3 Å². The molecule has 0 aliphatic carbocycles. The number of carbonyl (C=O) groups excluding carboxylic acids is 1. The highest BCUT2D eigenvalue weighted by molar-refractivity contribution is 6.33. The Morgan fingerprint density at radius 3 is 2.50 bits per heavy atom. The van der Waals surface area contributed by atoms with Crippen molar-refractivity contribution < 1.29 is 4.79 Å². The molecule has 3 N–H and O–H groups in total. The van der Waals surface area contributed by atoms with Crippen LogP contribution in [0.2, 0.25) is 5.02 Å². The van der Waals surface area contributed by atoms with E-state index < -0.39 is 0 Å². The molecule has 2 aromatic rings. The number of carbonyl (C=O) groups is 1. The minimum atomic E-state index is -0.204. The Morgan fingerprint density at radius 2 is 1.78 bits per heavy atom. The van der Waals surface area contributed by atoms with E-state index in [-0.39, 0.29) is 5.91 Å². The average Bonchev–Trinajstić information content (AvgIpc) is 2.41. The van der Waals surface area contributed by atoms with Crippen LogP contribution in [-0.4, -0.2) is 5.91 Å². The second kappa shape index (κ2) is 5.67. The molecule has 0 fully saturated rings. The number of rotatable bonds is 3. The van der Waals surface area contributed by atoms with Crippen molar-refractivity contribution in [3.8, 4) is 0 Å². The van der Waals surface area contributed by atoms with Gasteiger partial charge in [0.2, 0.25) is 0 Å². The highest BCUT2D eigenvalue weighted by Gasteiger charge is 2.11. The number of anilines is 1. The molecule has 0 unspecified atom stereocenters. The van der Waals surface area contributed by atoms with Crippen molar-refractivity contribution in [3.63, 3.8) is 0 Å². The molecule has 2 rings (SSSR count).